The van der Waals surface area contributed by atoms with Crippen molar-refractivity contribution >= 4 is 45.4 Å². The summed E-state index contributed by atoms with van der Waals surface area (Å²) in [6.45, 7) is 0. The predicted octanol–water partition coefficient (Wildman–Crippen LogP) is 7.19. The van der Waals surface area contributed by atoms with E-state index in [-0.39, 0.29) is 33.0 Å². The van der Waals surface area contributed by atoms with Gasteiger partial charge in [0.2, 0.25) is 0 Å². The summed E-state index contributed by atoms with van der Waals surface area (Å²) < 4.78 is 5.36. The SMILES string of the molecule is O=C(O)c1c(C#Cc2ccccc2)cc2ccccc2c1C(=O)OC(=O)c1c(C(=O)O)c(C#Cc2ccccc2)cc2ccccc12. The fraction of sp³-hybridized carbons (Fsp3) is 0. The smallest absolute Gasteiger partial charge is 0.347 e. The van der Waals surface area contributed by atoms with E-state index in [9.17, 15) is 29.4 Å². The van der Waals surface area contributed by atoms with E-state index >= 15 is 0 Å². The number of esters is 2. The fourth-order valence-electron chi connectivity index (χ4n) is 5.27. The van der Waals surface area contributed by atoms with Crippen LogP contribution in [0.4, 0.5) is 0 Å². The largest absolute Gasteiger partial charge is 0.478 e. The molecule has 0 aliphatic heterocycles. The molecule has 7 heteroatoms. The zero-order chi connectivity index (χ0) is 32.9. The Hall–Kier alpha value is -6.96. The van der Waals surface area contributed by atoms with Gasteiger partial charge in [0, 0.05) is 22.3 Å². The molecule has 0 amide bonds. The Labute approximate surface area is 268 Å². The summed E-state index contributed by atoms with van der Waals surface area (Å²) in [4.78, 5) is 53.1. The standard InChI is InChI=1S/C40H22O7/c41-37(42)33-29(21-19-25-11-3-1-4-12-25)23-27-15-7-9-17-31(27)35(33)39(45)47-40(46)36-32-18-10-8-16-28(32)24-30(34(36)38(43)44)22-20-26-13-5-2-6-14-26/h1-18,23-24H,(H,41,42)(H,43,44). The molecule has 6 aromatic rings. The fourth-order valence-corrected chi connectivity index (χ4v) is 5.27. The van der Waals surface area contributed by atoms with Gasteiger partial charge in [0.25, 0.3) is 0 Å². The molecule has 0 bridgehead atoms. The third kappa shape index (κ3) is 6.19. The monoisotopic (exact) mass is 614 g/mol. The number of carbonyl (C=O) groups excluding carboxylic acids is 2. The number of carbonyl (C=O) groups is 4. The van der Waals surface area contributed by atoms with Gasteiger partial charge in [-0.2, -0.15) is 0 Å². The van der Waals surface area contributed by atoms with Gasteiger partial charge in [0.1, 0.15) is 0 Å². The van der Waals surface area contributed by atoms with E-state index in [0.717, 1.165) is 0 Å². The van der Waals surface area contributed by atoms with E-state index in [1.807, 2.05) is 12.1 Å². The average Bonchev–Trinajstić information content (AvgIpc) is 3.09. The molecule has 6 rings (SSSR count). The van der Waals surface area contributed by atoms with Gasteiger partial charge in [-0.25, -0.2) is 19.2 Å². The molecular weight excluding hydrogens is 592 g/mol. The molecule has 0 aliphatic rings. The second-order valence-electron chi connectivity index (χ2n) is 10.3. The number of ether oxygens (including phenoxy) is 1. The molecule has 0 heterocycles. The van der Waals surface area contributed by atoms with Crippen molar-refractivity contribution in [3.05, 3.63) is 166 Å². The van der Waals surface area contributed by atoms with Crippen LogP contribution in [0.3, 0.4) is 0 Å². The van der Waals surface area contributed by atoms with Gasteiger partial charge >= 0.3 is 23.9 Å². The Morgan fingerprint density at radius 1 is 0.447 bits per heavy atom. The van der Waals surface area contributed by atoms with Crippen LogP contribution in [0.15, 0.2) is 121 Å². The van der Waals surface area contributed by atoms with Gasteiger partial charge in [0.05, 0.1) is 22.3 Å². The summed E-state index contributed by atoms with van der Waals surface area (Å²) in [5, 5.41) is 22.0. The van der Waals surface area contributed by atoms with E-state index < -0.39 is 35.0 Å². The van der Waals surface area contributed by atoms with Crippen LogP contribution in [0.5, 0.6) is 0 Å². The Balaban J connectivity index is 1.50. The Bertz CT molecular complexity index is 2200. The maximum atomic E-state index is 13.9. The summed E-state index contributed by atoms with van der Waals surface area (Å²) in [5.74, 6) is 6.07. The van der Waals surface area contributed by atoms with E-state index in [1.165, 1.54) is 12.1 Å². The second-order valence-corrected chi connectivity index (χ2v) is 10.3. The van der Waals surface area contributed by atoms with Crippen molar-refractivity contribution < 1.29 is 34.1 Å². The molecule has 2 N–H and O–H groups in total. The number of benzene rings is 6. The number of hydrogen-bond acceptors (Lipinski definition) is 5. The molecule has 0 unspecified atom stereocenters. The highest BCUT2D eigenvalue weighted by molar-refractivity contribution is 6.20. The lowest BCUT2D eigenvalue weighted by molar-refractivity contribution is 0.0389. The minimum Gasteiger partial charge on any atom is -0.478 e. The molecule has 224 valence electrons. The zero-order valence-corrected chi connectivity index (χ0v) is 24.5. The van der Waals surface area contributed by atoms with Crippen LogP contribution in [-0.2, 0) is 4.74 Å². The lowest BCUT2D eigenvalue weighted by Crippen LogP contribution is -2.20. The van der Waals surface area contributed by atoms with Gasteiger partial charge in [-0.3, -0.25) is 0 Å². The molecule has 47 heavy (non-hydrogen) atoms. The predicted molar refractivity (Wildman–Crippen MR) is 176 cm³/mol. The summed E-state index contributed by atoms with van der Waals surface area (Å²) in [7, 11) is 0. The van der Waals surface area contributed by atoms with Crippen LogP contribution in [-0.4, -0.2) is 34.1 Å². The number of fused-ring (bicyclic) bond motifs is 2. The molecule has 6 aromatic carbocycles. The molecular formula is C40H22O7. The zero-order valence-electron chi connectivity index (χ0n) is 24.5. The Morgan fingerprint density at radius 3 is 1.19 bits per heavy atom. The quantitative estimate of drug-likeness (QED) is 0.123. The van der Waals surface area contributed by atoms with Crippen molar-refractivity contribution in [2.45, 2.75) is 0 Å². The molecule has 0 radical (unpaired) electrons. The van der Waals surface area contributed by atoms with E-state index in [2.05, 4.69) is 23.7 Å². The number of rotatable bonds is 4. The first kappa shape index (κ1) is 30.1. The van der Waals surface area contributed by atoms with Crippen molar-refractivity contribution in [2.24, 2.45) is 0 Å². The Kier molecular flexibility index (Phi) is 8.29. The summed E-state index contributed by atoms with van der Waals surface area (Å²) in [6.07, 6.45) is 0. The topological polar surface area (TPSA) is 118 Å². The van der Waals surface area contributed by atoms with Gasteiger partial charge in [-0.1, -0.05) is 109 Å². The molecule has 0 spiro atoms. The van der Waals surface area contributed by atoms with Gasteiger partial charge < -0.3 is 14.9 Å². The van der Waals surface area contributed by atoms with Gasteiger partial charge in [-0.15, -0.1) is 0 Å². The van der Waals surface area contributed by atoms with E-state index in [4.69, 9.17) is 4.74 Å². The summed E-state index contributed by atoms with van der Waals surface area (Å²) in [5.41, 5.74) is -0.348. The molecule has 0 aromatic heterocycles. The minimum absolute atomic E-state index is 0.0364. The first-order chi connectivity index (χ1) is 22.8. The van der Waals surface area contributed by atoms with Gasteiger partial charge in [0.15, 0.2) is 0 Å². The normalized spacial score (nSPS) is 10.3. The summed E-state index contributed by atoms with van der Waals surface area (Å²) >= 11 is 0. The molecule has 0 aliphatic carbocycles. The van der Waals surface area contributed by atoms with Crippen molar-refractivity contribution in [3.8, 4) is 23.7 Å². The maximum absolute atomic E-state index is 13.9. The third-order valence-electron chi connectivity index (χ3n) is 7.35. The molecule has 0 saturated carbocycles. The van der Waals surface area contributed by atoms with Crippen LogP contribution >= 0.6 is 0 Å². The summed E-state index contributed by atoms with van der Waals surface area (Å²) in [6, 6.07) is 34.0. The molecule has 0 atom stereocenters. The van der Waals surface area contributed by atoms with Crippen LogP contribution < -0.4 is 0 Å². The number of carboxylic acids is 2. The molecule has 0 saturated heterocycles. The highest BCUT2D eigenvalue weighted by atomic mass is 16.6. The highest BCUT2D eigenvalue weighted by Crippen LogP contribution is 2.30. The number of aromatic carboxylic acids is 2. The first-order valence-corrected chi connectivity index (χ1v) is 14.3. The van der Waals surface area contributed by atoms with Crippen molar-refractivity contribution in [3.63, 3.8) is 0 Å². The first-order valence-electron chi connectivity index (χ1n) is 14.3. The highest BCUT2D eigenvalue weighted by Gasteiger charge is 2.30. The molecule has 0 fully saturated rings. The molecule has 7 nitrogen and oxygen atoms in total. The Morgan fingerprint density at radius 2 is 0.809 bits per heavy atom. The third-order valence-corrected chi connectivity index (χ3v) is 7.35. The lowest BCUT2D eigenvalue weighted by atomic mass is 9.93. The average molecular weight is 615 g/mol. The number of hydrogen-bond donors (Lipinski definition) is 2. The van der Waals surface area contributed by atoms with Crippen LogP contribution in [0, 0.1) is 23.7 Å². The van der Waals surface area contributed by atoms with Crippen molar-refractivity contribution in [1.29, 1.82) is 0 Å². The maximum Gasteiger partial charge on any atom is 0.347 e. The van der Waals surface area contributed by atoms with Crippen molar-refractivity contribution in [1.82, 2.24) is 0 Å². The lowest BCUT2D eigenvalue weighted by Gasteiger charge is -2.14. The van der Waals surface area contributed by atoms with Crippen LogP contribution in [0.2, 0.25) is 0 Å². The van der Waals surface area contributed by atoms with Gasteiger partial charge in [-0.05, 0) is 57.9 Å². The van der Waals surface area contributed by atoms with Crippen LogP contribution in [0.25, 0.3) is 21.5 Å². The van der Waals surface area contributed by atoms with E-state index in [1.54, 1.807) is 97.1 Å². The minimum atomic E-state index is -1.46. The van der Waals surface area contributed by atoms with E-state index in [0.29, 0.717) is 21.9 Å². The second kappa shape index (κ2) is 13.0. The number of carboxylic acid groups (broad SMARTS) is 2. The van der Waals surface area contributed by atoms with Crippen molar-refractivity contribution in [2.75, 3.05) is 0 Å². The van der Waals surface area contributed by atoms with Crippen LogP contribution in [0.1, 0.15) is 63.7 Å².